The van der Waals surface area contributed by atoms with E-state index in [2.05, 4.69) is 56.8 Å². The number of benzene rings is 1. The molecular weight excluding hydrogens is 234 g/mol. The van der Waals surface area contributed by atoms with Gasteiger partial charge in [0.2, 0.25) is 0 Å². The molecule has 0 aliphatic carbocycles. The van der Waals surface area contributed by atoms with E-state index in [1.165, 1.54) is 27.9 Å². The van der Waals surface area contributed by atoms with E-state index in [-0.39, 0.29) is 0 Å². The maximum Gasteiger partial charge on any atom is 0.140 e. The van der Waals surface area contributed by atoms with Gasteiger partial charge >= 0.3 is 0 Å². The fourth-order valence-electron chi connectivity index (χ4n) is 2.73. The Balaban J connectivity index is 2.63. The predicted octanol–water partition coefficient (Wildman–Crippen LogP) is 3.04. The lowest BCUT2D eigenvalue weighted by atomic mass is 9.99. The number of nitrogens with zero attached hydrogens (tertiary/aromatic N) is 2. The Morgan fingerprint density at radius 2 is 1.68 bits per heavy atom. The van der Waals surface area contributed by atoms with Crippen LogP contribution >= 0.6 is 0 Å². The average Bonchev–Trinajstić information content (AvgIpc) is 2.57. The summed E-state index contributed by atoms with van der Waals surface area (Å²) in [4.78, 5) is 4.82. The topological polar surface area (TPSA) is 29.9 Å². The summed E-state index contributed by atoms with van der Waals surface area (Å²) in [6, 6.07) is 4.45. The molecule has 0 atom stereocenters. The third-order valence-electron chi connectivity index (χ3n) is 3.72. The summed E-state index contributed by atoms with van der Waals surface area (Å²) in [5.74, 6) is 1.07. The number of nitrogens with one attached hydrogen (secondary N) is 1. The molecule has 0 fully saturated rings. The molecule has 2 aromatic rings. The first-order chi connectivity index (χ1) is 8.95. The maximum atomic E-state index is 4.82. The lowest BCUT2D eigenvalue weighted by Crippen LogP contribution is -2.07. The average molecular weight is 257 g/mol. The number of rotatable bonds is 3. The van der Waals surface area contributed by atoms with E-state index in [4.69, 9.17) is 4.98 Å². The summed E-state index contributed by atoms with van der Waals surface area (Å²) >= 11 is 0. The van der Waals surface area contributed by atoms with Crippen molar-refractivity contribution in [3.8, 4) is 11.4 Å². The molecule has 19 heavy (non-hydrogen) atoms. The minimum atomic E-state index is 0.809. The van der Waals surface area contributed by atoms with Crippen molar-refractivity contribution >= 4 is 0 Å². The predicted molar refractivity (Wildman–Crippen MR) is 80.4 cm³/mol. The Hall–Kier alpha value is -1.61. The van der Waals surface area contributed by atoms with Gasteiger partial charge < -0.3 is 9.88 Å². The van der Waals surface area contributed by atoms with Crippen LogP contribution in [0.15, 0.2) is 12.1 Å². The highest BCUT2D eigenvalue weighted by Crippen LogP contribution is 2.28. The summed E-state index contributed by atoms with van der Waals surface area (Å²) in [5, 5.41) is 3.18. The van der Waals surface area contributed by atoms with E-state index in [1.54, 1.807) is 0 Å². The van der Waals surface area contributed by atoms with Crippen LogP contribution < -0.4 is 5.32 Å². The van der Waals surface area contributed by atoms with Crippen LogP contribution in [0.3, 0.4) is 0 Å². The molecule has 102 valence electrons. The lowest BCUT2D eigenvalue weighted by Gasteiger charge is -2.11. The van der Waals surface area contributed by atoms with Gasteiger partial charge in [-0.05, 0) is 45.9 Å². The molecule has 1 heterocycles. The first-order valence-electron chi connectivity index (χ1n) is 6.70. The fraction of sp³-hybridized carbons (Fsp3) is 0.438. The third kappa shape index (κ3) is 2.43. The number of aryl methyl sites for hydroxylation is 3. The van der Waals surface area contributed by atoms with Crippen LogP contribution in [-0.4, -0.2) is 16.6 Å². The van der Waals surface area contributed by atoms with Crippen molar-refractivity contribution in [2.45, 2.75) is 34.2 Å². The third-order valence-corrected chi connectivity index (χ3v) is 3.72. The first-order valence-corrected chi connectivity index (χ1v) is 6.70. The zero-order chi connectivity index (χ0) is 14.2. The molecule has 3 nitrogen and oxygen atoms in total. The van der Waals surface area contributed by atoms with E-state index in [9.17, 15) is 0 Å². The summed E-state index contributed by atoms with van der Waals surface area (Å²) in [7, 11) is 4.05. The summed E-state index contributed by atoms with van der Waals surface area (Å²) in [5.41, 5.74) is 7.50. The van der Waals surface area contributed by atoms with Crippen LogP contribution in [0.25, 0.3) is 11.4 Å². The van der Waals surface area contributed by atoms with Crippen LogP contribution in [0, 0.1) is 27.7 Å². The van der Waals surface area contributed by atoms with Gasteiger partial charge in [-0.15, -0.1) is 0 Å². The highest BCUT2D eigenvalue weighted by atomic mass is 15.1. The molecule has 0 spiro atoms. The first kappa shape index (κ1) is 13.8. The maximum absolute atomic E-state index is 4.82. The Kier molecular flexibility index (Phi) is 3.76. The van der Waals surface area contributed by atoms with E-state index in [0.717, 1.165) is 18.1 Å². The van der Waals surface area contributed by atoms with Crippen molar-refractivity contribution < 1.29 is 0 Å². The standard InChI is InChI=1S/C16H23N3/c1-10-7-11(2)15(12(3)8-10)16-18-14(9-17-5)13(4)19(16)6/h7-8,17H,9H2,1-6H3. The van der Waals surface area contributed by atoms with E-state index >= 15 is 0 Å². The van der Waals surface area contributed by atoms with Crippen molar-refractivity contribution in [2.75, 3.05) is 7.05 Å². The van der Waals surface area contributed by atoms with Crippen molar-refractivity contribution in [3.05, 3.63) is 40.2 Å². The second-order valence-electron chi connectivity index (χ2n) is 5.33. The lowest BCUT2D eigenvalue weighted by molar-refractivity contribution is 0.783. The fourth-order valence-corrected chi connectivity index (χ4v) is 2.73. The monoisotopic (exact) mass is 257 g/mol. The summed E-state index contributed by atoms with van der Waals surface area (Å²) in [6.07, 6.45) is 0. The minimum Gasteiger partial charge on any atom is -0.331 e. The highest BCUT2D eigenvalue weighted by Gasteiger charge is 2.16. The minimum absolute atomic E-state index is 0.809. The largest absolute Gasteiger partial charge is 0.331 e. The second kappa shape index (κ2) is 5.17. The zero-order valence-corrected chi connectivity index (χ0v) is 12.8. The molecule has 0 aliphatic rings. The Bertz CT molecular complexity index is 586. The molecule has 0 bridgehead atoms. The molecule has 1 N–H and O–H groups in total. The van der Waals surface area contributed by atoms with Gasteiger partial charge in [-0.2, -0.15) is 0 Å². The molecule has 0 unspecified atom stereocenters. The Labute approximate surface area is 115 Å². The number of hydrogen-bond donors (Lipinski definition) is 1. The van der Waals surface area contributed by atoms with Gasteiger partial charge in [0.25, 0.3) is 0 Å². The van der Waals surface area contributed by atoms with E-state index in [1.807, 2.05) is 7.05 Å². The molecule has 2 rings (SSSR count). The van der Waals surface area contributed by atoms with Gasteiger partial charge in [-0.25, -0.2) is 4.98 Å². The zero-order valence-electron chi connectivity index (χ0n) is 12.8. The normalized spacial score (nSPS) is 11.1. The smallest absolute Gasteiger partial charge is 0.140 e. The second-order valence-corrected chi connectivity index (χ2v) is 5.33. The molecule has 0 aliphatic heterocycles. The van der Waals surface area contributed by atoms with Gasteiger partial charge in [-0.3, -0.25) is 0 Å². The van der Waals surface area contributed by atoms with Gasteiger partial charge in [0.1, 0.15) is 5.82 Å². The number of aromatic nitrogens is 2. The quantitative estimate of drug-likeness (QED) is 0.916. The molecule has 1 aromatic heterocycles. The molecule has 1 aromatic carbocycles. The molecule has 0 radical (unpaired) electrons. The Morgan fingerprint density at radius 3 is 2.21 bits per heavy atom. The Morgan fingerprint density at radius 1 is 1.11 bits per heavy atom. The van der Waals surface area contributed by atoms with Crippen LogP contribution in [0.1, 0.15) is 28.1 Å². The van der Waals surface area contributed by atoms with Crippen molar-refractivity contribution in [1.82, 2.24) is 14.9 Å². The van der Waals surface area contributed by atoms with Crippen LogP contribution in [0.5, 0.6) is 0 Å². The highest BCUT2D eigenvalue weighted by molar-refractivity contribution is 5.66. The summed E-state index contributed by atoms with van der Waals surface area (Å²) < 4.78 is 2.19. The molecular formula is C16H23N3. The molecule has 3 heteroatoms. The van der Waals surface area contributed by atoms with Crippen molar-refractivity contribution in [3.63, 3.8) is 0 Å². The van der Waals surface area contributed by atoms with Gasteiger partial charge in [0.05, 0.1) is 5.69 Å². The SMILES string of the molecule is CNCc1nc(-c2c(C)cc(C)cc2C)n(C)c1C. The number of hydrogen-bond acceptors (Lipinski definition) is 2. The van der Waals surface area contributed by atoms with Crippen LogP contribution in [0.4, 0.5) is 0 Å². The van der Waals surface area contributed by atoms with E-state index < -0.39 is 0 Å². The van der Waals surface area contributed by atoms with Gasteiger partial charge in [-0.1, -0.05) is 17.7 Å². The molecule has 0 saturated heterocycles. The van der Waals surface area contributed by atoms with Crippen LogP contribution in [0.2, 0.25) is 0 Å². The van der Waals surface area contributed by atoms with Gasteiger partial charge in [0.15, 0.2) is 0 Å². The molecule has 0 saturated carbocycles. The summed E-state index contributed by atoms with van der Waals surface area (Å²) in [6.45, 7) is 9.40. The van der Waals surface area contributed by atoms with Crippen LogP contribution in [-0.2, 0) is 13.6 Å². The van der Waals surface area contributed by atoms with Gasteiger partial charge in [0, 0.05) is 24.8 Å². The van der Waals surface area contributed by atoms with E-state index in [0.29, 0.717) is 0 Å². The molecule has 0 amide bonds. The number of imidazole rings is 1. The van der Waals surface area contributed by atoms with Crippen molar-refractivity contribution in [1.29, 1.82) is 0 Å². The van der Waals surface area contributed by atoms with Crippen molar-refractivity contribution in [2.24, 2.45) is 7.05 Å².